The normalized spacial score (nSPS) is 27.4. The molecule has 20 heavy (non-hydrogen) atoms. The fourth-order valence-electron chi connectivity index (χ4n) is 3.84. The minimum absolute atomic E-state index is 0.303. The van der Waals surface area contributed by atoms with Gasteiger partial charge in [0.05, 0.1) is 0 Å². The lowest BCUT2D eigenvalue weighted by molar-refractivity contribution is 0.0232. The molecule has 2 nitrogen and oxygen atoms in total. The third-order valence-electron chi connectivity index (χ3n) is 5.42. The third-order valence-corrected chi connectivity index (χ3v) is 5.42. The number of hydrogen-bond donors (Lipinski definition) is 1. The predicted octanol–water partition coefficient (Wildman–Crippen LogP) is 4.43. The SMILES string of the molecule is CCCCN(CCCC)C1(CN)CCCC(C(C)C)C1. The van der Waals surface area contributed by atoms with E-state index < -0.39 is 0 Å². The van der Waals surface area contributed by atoms with E-state index in [1.807, 2.05) is 0 Å². The summed E-state index contributed by atoms with van der Waals surface area (Å²) in [7, 11) is 0. The summed E-state index contributed by atoms with van der Waals surface area (Å²) in [5.41, 5.74) is 6.61. The van der Waals surface area contributed by atoms with Crippen LogP contribution in [0.2, 0.25) is 0 Å². The van der Waals surface area contributed by atoms with Crippen LogP contribution >= 0.6 is 0 Å². The topological polar surface area (TPSA) is 29.3 Å². The minimum Gasteiger partial charge on any atom is -0.329 e. The van der Waals surface area contributed by atoms with E-state index in [0.717, 1.165) is 18.4 Å². The summed E-state index contributed by atoms with van der Waals surface area (Å²) in [6.45, 7) is 12.7. The fourth-order valence-corrected chi connectivity index (χ4v) is 3.84. The van der Waals surface area contributed by atoms with Gasteiger partial charge < -0.3 is 5.73 Å². The predicted molar refractivity (Wildman–Crippen MR) is 90.0 cm³/mol. The van der Waals surface area contributed by atoms with Crippen molar-refractivity contribution in [2.24, 2.45) is 17.6 Å². The Balaban J connectivity index is 2.78. The van der Waals surface area contributed by atoms with Crippen LogP contribution in [0.5, 0.6) is 0 Å². The second kappa shape index (κ2) is 9.04. The second-order valence-corrected chi connectivity index (χ2v) is 7.22. The molecule has 0 aromatic carbocycles. The van der Waals surface area contributed by atoms with Crippen LogP contribution in [0.3, 0.4) is 0 Å². The molecule has 0 saturated heterocycles. The Morgan fingerprint density at radius 1 is 1.15 bits per heavy atom. The first-order chi connectivity index (χ1) is 9.59. The molecular weight excluding hydrogens is 244 g/mol. The van der Waals surface area contributed by atoms with Crippen LogP contribution in [-0.4, -0.2) is 30.1 Å². The molecule has 2 atom stereocenters. The monoisotopic (exact) mass is 282 g/mol. The number of nitrogens with two attached hydrogens (primary N) is 1. The number of rotatable bonds is 9. The van der Waals surface area contributed by atoms with Gasteiger partial charge >= 0.3 is 0 Å². The van der Waals surface area contributed by atoms with Crippen molar-refractivity contribution >= 4 is 0 Å². The van der Waals surface area contributed by atoms with E-state index in [1.165, 1.54) is 64.5 Å². The first-order valence-electron chi connectivity index (χ1n) is 9.04. The van der Waals surface area contributed by atoms with Gasteiger partial charge in [-0.1, -0.05) is 53.4 Å². The number of hydrogen-bond acceptors (Lipinski definition) is 2. The lowest BCUT2D eigenvalue weighted by Gasteiger charge is -2.49. The summed E-state index contributed by atoms with van der Waals surface area (Å²) in [6, 6.07) is 0. The first-order valence-corrected chi connectivity index (χ1v) is 9.04. The van der Waals surface area contributed by atoms with Gasteiger partial charge in [-0.15, -0.1) is 0 Å². The molecule has 1 aliphatic rings. The molecule has 0 bridgehead atoms. The van der Waals surface area contributed by atoms with Crippen molar-refractivity contribution in [1.29, 1.82) is 0 Å². The van der Waals surface area contributed by atoms with Gasteiger partial charge in [0, 0.05) is 12.1 Å². The fraction of sp³-hybridized carbons (Fsp3) is 1.00. The smallest absolute Gasteiger partial charge is 0.0334 e. The Morgan fingerprint density at radius 2 is 1.75 bits per heavy atom. The molecule has 120 valence electrons. The molecule has 2 N–H and O–H groups in total. The zero-order valence-corrected chi connectivity index (χ0v) is 14.5. The van der Waals surface area contributed by atoms with E-state index >= 15 is 0 Å². The van der Waals surface area contributed by atoms with E-state index in [-0.39, 0.29) is 0 Å². The van der Waals surface area contributed by atoms with Crippen molar-refractivity contribution in [3.63, 3.8) is 0 Å². The molecule has 1 aliphatic carbocycles. The highest BCUT2D eigenvalue weighted by molar-refractivity contribution is 4.97. The van der Waals surface area contributed by atoms with Crippen LogP contribution in [-0.2, 0) is 0 Å². The Kier molecular flexibility index (Phi) is 8.13. The molecule has 2 heteroatoms. The Bertz CT molecular complexity index is 244. The van der Waals surface area contributed by atoms with Crippen LogP contribution < -0.4 is 5.73 Å². The maximum atomic E-state index is 6.30. The van der Waals surface area contributed by atoms with Gasteiger partial charge in [-0.3, -0.25) is 4.90 Å². The molecule has 0 aromatic heterocycles. The molecule has 0 spiro atoms. The van der Waals surface area contributed by atoms with Crippen molar-refractivity contribution in [3.05, 3.63) is 0 Å². The maximum Gasteiger partial charge on any atom is 0.0334 e. The van der Waals surface area contributed by atoms with E-state index in [4.69, 9.17) is 5.73 Å². The van der Waals surface area contributed by atoms with Gasteiger partial charge in [-0.05, 0) is 50.6 Å². The summed E-state index contributed by atoms with van der Waals surface area (Å²) in [5.74, 6) is 1.68. The molecule has 0 amide bonds. The van der Waals surface area contributed by atoms with Crippen LogP contribution in [0, 0.1) is 11.8 Å². The molecule has 1 rings (SSSR count). The molecule has 0 aliphatic heterocycles. The zero-order valence-electron chi connectivity index (χ0n) is 14.5. The number of nitrogens with zero attached hydrogens (tertiary/aromatic N) is 1. The molecular formula is C18H38N2. The third kappa shape index (κ3) is 4.73. The van der Waals surface area contributed by atoms with Crippen LogP contribution in [0.25, 0.3) is 0 Å². The largest absolute Gasteiger partial charge is 0.329 e. The van der Waals surface area contributed by atoms with E-state index in [0.29, 0.717) is 5.54 Å². The van der Waals surface area contributed by atoms with Crippen molar-refractivity contribution in [2.45, 2.75) is 84.6 Å². The van der Waals surface area contributed by atoms with Crippen LogP contribution in [0.4, 0.5) is 0 Å². The molecule has 1 fully saturated rings. The summed E-state index contributed by atoms with van der Waals surface area (Å²) in [5, 5.41) is 0. The van der Waals surface area contributed by atoms with Gasteiger partial charge in [0.25, 0.3) is 0 Å². The Morgan fingerprint density at radius 3 is 2.20 bits per heavy atom. The Labute approximate surface area is 127 Å². The minimum atomic E-state index is 0.303. The van der Waals surface area contributed by atoms with E-state index in [1.54, 1.807) is 0 Å². The summed E-state index contributed by atoms with van der Waals surface area (Å²) < 4.78 is 0. The van der Waals surface area contributed by atoms with Crippen molar-refractivity contribution in [3.8, 4) is 0 Å². The van der Waals surface area contributed by atoms with Crippen molar-refractivity contribution in [2.75, 3.05) is 19.6 Å². The van der Waals surface area contributed by atoms with E-state index in [9.17, 15) is 0 Å². The lowest BCUT2D eigenvalue weighted by Crippen LogP contribution is -2.57. The first kappa shape index (κ1) is 18.0. The van der Waals surface area contributed by atoms with Crippen LogP contribution in [0.15, 0.2) is 0 Å². The number of unbranched alkanes of at least 4 members (excludes halogenated alkanes) is 2. The van der Waals surface area contributed by atoms with Gasteiger partial charge in [0.2, 0.25) is 0 Å². The summed E-state index contributed by atoms with van der Waals surface area (Å²) >= 11 is 0. The Hall–Kier alpha value is -0.0800. The van der Waals surface area contributed by atoms with Crippen LogP contribution in [0.1, 0.15) is 79.1 Å². The standard InChI is InChI=1S/C18H38N2/c1-5-7-12-20(13-8-6-2)18(15-19)11-9-10-17(14-18)16(3)4/h16-17H,5-15,19H2,1-4H3. The quantitative estimate of drug-likeness (QED) is 0.678. The van der Waals surface area contributed by atoms with Gasteiger partial charge in [-0.25, -0.2) is 0 Å². The molecule has 0 aromatic rings. The van der Waals surface area contributed by atoms with Gasteiger partial charge in [-0.2, -0.15) is 0 Å². The highest BCUT2D eigenvalue weighted by Gasteiger charge is 2.40. The molecule has 0 radical (unpaired) electrons. The molecule has 2 unspecified atom stereocenters. The van der Waals surface area contributed by atoms with Gasteiger partial charge in [0.15, 0.2) is 0 Å². The molecule has 0 heterocycles. The van der Waals surface area contributed by atoms with Crippen molar-refractivity contribution in [1.82, 2.24) is 4.90 Å². The van der Waals surface area contributed by atoms with E-state index in [2.05, 4.69) is 32.6 Å². The summed E-state index contributed by atoms with van der Waals surface area (Å²) in [4.78, 5) is 2.77. The highest BCUT2D eigenvalue weighted by atomic mass is 15.2. The maximum absolute atomic E-state index is 6.30. The highest BCUT2D eigenvalue weighted by Crippen LogP contribution is 2.39. The average Bonchev–Trinajstić information content (AvgIpc) is 2.47. The zero-order chi connectivity index (χ0) is 15.0. The lowest BCUT2D eigenvalue weighted by atomic mass is 9.70. The summed E-state index contributed by atoms with van der Waals surface area (Å²) in [6.07, 6.45) is 10.6. The van der Waals surface area contributed by atoms with Gasteiger partial charge in [0.1, 0.15) is 0 Å². The average molecular weight is 283 g/mol. The molecule has 1 saturated carbocycles. The van der Waals surface area contributed by atoms with Crippen molar-refractivity contribution < 1.29 is 0 Å². The second-order valence-electron chi connectivity index (χ2n) is 7.22.